The molecule has 0 saturated heterocycles. The molecule has 2 nitrogen and oxygen atoms in total. The van der Waals surface area contributed by atoms with Crippen LogP contribution in [0.2, 0.25) is 15.1 Å². The van der Waals surface area contributed by atoms with Gasteiger partial charge in [0.25, 0.3) is 0 Å². The van der Waals surface area contributed by atoms with E-state index in [0.717, 1.165) is 5.56 Å². The fraction of sp³-hybridized carbons (Fsp3) is 0.143. The van der Waals surface area contributed by atoms with Crippen molar-refractivity contribution in [1.82, 2.24) is 0 Å². The second-order valence-corrected chi connectivity index (χ2v) is 5.49. The number of nitrogens with two attached hydrogens (primary N) is 1. The number of anilines is 1. The Morgan fingerprint density at radius 1 is 1.00 bits per heavy atom. The number of benzene rings is 2. The Kier molecular flexibility index (Phi) is 4.58. The van der Waals surface area contributed by atoms with E-state index in [1.165, 1.54) is 0 Å². The van der Waals surface area contributed by atoms with Crippen LogP contribution in [0.15, 0.2) is 36.4 Å². The molecule has 0 heterocycles. The minimum Gasteiger partial charge on any atom is -0.398 e. The number of hydrogen-bond donors (Lipinski definition) is 2. The van der Waals surface area contributed by atoms with Gasteiger partial charge in [0.15, 0.2) is 0 Å². The maximum absolute atomic E-state index is 10.2. The highest BCUT2D eigenvalue weighted by Crippen LogP contribution is 2.28. The molecule has 0 aromatic heterocycles. The molecule has 0 amide bonds. The molecular formula is C14H12Cl3NO. The van der Waals surface area contributed by atoms with Gasteiger partial charge in [-0.25, -0.2) is 0 Å². The highest BCUT2D eigenvalue weighted by Gasteiger charge is 2.13. The van der Waals surface area contributed by atoms with Gasteiger partial charge in [0.05, 0.1) is 16.1 Å². The highest BCUT2D eigenvalue weighted by molar-refractivity contribution is 6.42. The summed E-state index contributed by atoms with van der Waals surface area (Å²) in [6, 6.07) is 10.3. The van der Waals surface area contributed by atoms with Crippen molar-refractivity contribution in [2.45, 2.75) is 12.5 Å². The summed E-state index contributed by atoms with van der Waals surface area (Å²) < 4.78 is 0. The quantitative estimate of drug-likeness (QED) is 0.819. The van der Waals surface area contributed by atoms with E-state index in [1.54, 1.807) is 30.3 Å². The van der Waals surface area contributed by atoms with Gasteiger partial charge in [-0.3, -0.25) is 0 Å². The third kappa shape index (κ3) is 3.54. The Morgan fingerprint density at radius 3 is 2.37 bits per heavy atom. The van der Waals surface area contributed by atoms with Crippen LogP contribution < -0.4 is 5.73 Å². The first-order chi connectivity index (χ1) is 8.97. The molecule has 0 aliphatic heterocycles. The first-order valence-electron chi connectivity index (χ1n) is 5.64. The maximum atomic E-state index is 10.2. The number of aliphatic hydroxyl groups is 1. The third-order valence-electron chi connectivity index (χ3n) is 2.82. The van der Waals surface area contributed by atoms with Crippen molar-refractivity contribution in [3.8, 4) is 0 Å². The molecule has 2 aromatic carbocycles. The fourth-order valence-electron chi connectivity index (χ4n) is 1.85. The molecule has 0 aliphatic carbocycles. The summed E-state index contributed by atoms with van der Waals surface area (Å²) in [6.45, 7) is 0. The Bertz CT molecular complexity index is 601. The topological polar surface area (TPSA) is 46.2 Å². The second-order valence-electron chi connectivity index (χ2n) is 4.24. The van der Waals surface area contributed by atoms with E-state index in [9.17, 15) is 5.11 Å². The lowest BCUT2D eigenvalue weighted by Gasteiger charge is -2.14. The average Bonchev–Trinajstić information content (AvgIpc) is 2.33. The van der Waals surface area contributed by atoms with Crippen LogP contribution in [0, 0.1) is 0 Å². The SMILES string of the molecule is Nc1cc(Cl)ccc1C(O)Cc1ccc(Cl)c(Cl)c1. The van der Waals surface area contributed by atoms with E-state index < -0.39 is 6.10 Å². The van der Waals surface area contributed by atoms with Crippen molar-refractivity contribution >= 4 is 40.5 Å². The second kappa shape index (κ2) is 6.02. The van der Waals surface area contributed by atoms with Crippen LogP contribution in [0.3, 0.4) is 0 Å². The summed E-state index contributed by atoms with van der Waals surface area (Å²) >= 11 is 17.6. The lowest BCUT2D eigenvalue weighted by atomic mass is 10.00. The van der Waals surface area contributed by atoms with Gasteiger partial charge in [0.1, 0.15) is 0 Å². The summed E-state index contributed by atoms with van der Waals surface area (Å²) in [5.41, 5.74) is 7.84. The predicted octanol–water partition coefficient (Wildman–Crippen LogP) is 4.51. The first-order valence-corrected chi connectivity index (χ1v) is 6.77. The molecule has 1 unspecified atom stereocenters. The van der Waals surface area contributed by atoms with Crippen LogP contribution >= 0.6 is 34.8 Å². The molecule has 2 aromatic rings. The molecule has 0 saturated carbocycles. The first kappa shape index (κ1) is 14.5. The summed E-state index contributed by atoms with van der Waals surface area (Å²) in [6.07, 6.45) is -0.308. The summed E-state index contributed by atoms with van der Waals surface area (Å²) in [7, 11) is 0. The van der Waals surface area contributed by atoms with Crippen molar-refractivity contribution in [1.29, 1.82) is 0 Å². The Labute approximate surface area is 126 Å². The number of halogens is 3. The van der Waals surface area contributed by atoms with Crippen LogP contribution in [-0.2, 0) is 6.42 Å². The normalized spacial score (nSPS) is 12.4. The van der Waals surface area contributed by atoms with E-state index in [0.29, 0.717) is 32.7 Å². The molecule has 100 valence electrons. The zero-order valence-electron chi connectivity index (χ0n) is 9.91. The Balaban J connectivity index is 2.20. The van der Waals surface area contributed by atoms with Crippen molar-refractivity contribution in [2.75, 3.05) is 5.73 Å². The Morgan fingerprint density at radius 2 is 1.74 bits per heavy atom. The molecule has 0 fully saturated rings. The molecule has 2 rings (SSSR count). The summed E-state index contributed by atoms with van der Waals surface area (Å²) in [5, 5.41) is 11.7. The van der Waals surface area contributed by atoms with Gasteiger partial charge in [0, 0.05) is 22.7 Å². The van der Waals surface area contributed by atoms with Gasteiger partial charge in [-0.15, -0.1) is 0 Å². The number of rotatable bonds is 3. The molecule has 0 aliphatic rings. The standard InChI is InChI=1S/C14H12Cl3NO/c15-9-2-3-10(13(18)7-9)14(19)6-8-1-4-11(16)12(17)5-8/h1-5,7,14,19H,6,18H2. The van der Waals surface area contributed by atoms with Gasteiger partial charge in [-0.05, 0) is 29.8 Å². The van der Waals surface area contributed by atoms with Crippen LogP contribution in [0.4, 0.5) is 5.69 Å². The smallest absolute Gasteiger partial charge is 0.0850 e. The summed E-state index contributed by atoms with van der Waals surface area (Å²) in [5.74, 6) is 0. The zero-order valence-corrected chi connectivity index (χ0v) is 12.2. The third-order valence-corrected chi connectivity index (χ3v) is 3.80. The molecule has 0 bridgehead atoms. The van der Waals surface area contributed by atoms with Gasteiger partial charge in [-0.1, -0.05) is 46.9 Å². The minimum atomic E-state index is -0.713. The van der Waals surface area contributed by atoms with Gasteiger partial charge >= 0.3 is 0 Å². The van der Waals surface area contributed by atoms with Crippen molar-refractivity contribution in [3.63, 3.8) is 0 Å². The monoisotopic (exact) mass is 315 g/mol. The van der Waals surface area contributed by atoms with Crippen molar-refractivity contribution in [2.24, 2.45) is 0 Å². The van der Waals surface area contributed by atoms with Crippen molar-refractivity contribution < 1.29 is 5.11 Å². The molecule has 3 N–H and O–H groups in total. The average molecular weight is 317 g/mol. The minimum absolute atomic E-state index is 0.405. The number of aliphatic hydroxyl groups excluding tert-OH is 1. The van der Waals surface area contributed by atoms with Crippen LogP contribution in [0.5, 0.6) is 0 Å². The Hall–Kier alpha value is -0.930. The van der Waals surface area contributed by atoms with Crippen LogP contribution in [-0.4, -0.2) is 5.11 Å². The van der Waals surface area contributed by atoms with Gasteiger partial charge in [-0.2, -0.15) is 0 Å². The molecular weight excluding hydrogens is 305 g/mol. The number of nitrogen functional groups attached to an aromatic ring is 1. The van der Waals surface area contributed by atoms with E-state index >= 15 is 0 Å². The number of hydrogen-bond acceptors (Lipinski definition) is 2. The molecule has 0 radical (unpaired) electrons. The molecule has 19 heavy (non-hydrogen) atoms. The largest absolute Gasteiger partial charge is 0.398 e. The van der Waals surface area contributed by atoms with Gasteiger partial charge in [0.2, 0.25) is 0 Å². The van der Waals surface area contributed by atoms with E-state index in [2.05, 4.69) is 0 Å². The van der Waals surface area contributed by atoms with Gasteiger partial charge < -0.3 is 10.8 Å². The molecule has 1 atom stereocenters. The summed E-state index contributed by atoms with van der Waals surface area (Å²) in [4.78, 5) is 0. The van der Waals surface area contributed by atoms with E-state index in [1.807, 2.05) is 6.07 Å². The molecule has 0 spiro atoms. The van der Waals surface area contributed by atoms with Crippen LogP contribution in [0.25, 0.3) is 0 Å². The maximum Gasteiger partial charge on any atom is 0.0850 e. The lowest BCUT2D eigenvalue weighted by molar-refractivity contribution is 0.179. The van der Waals surface area contributed by atoms with E-state index in [-0.39, 0.29) is 0 Å². The lowest BCUT2D eigenvalue weighted by Crippen LogP contribution is -2.05. The highest BCUT2D eigenvalue weighted by atomic mass is 35.5. The zero-order chi connectivity index (χ0) is 14.0. The fourth-order valence-corrected chi connectivity index (χ4v) is 2.35. The van der Waals surface area contributed by atoms with Crippen LogP contribution in [0.1, 0.15) is 17.2 Å². The van der Waals surface area contributed by atoms with E-state index in [4.69, 9.17) is 40.5 Å². The molecule has 5 heteroatoms. The predicted molar refractivity (Wildman–Crippen MR) is 81.0 cm³/mol. The van der Waals surface area contributed by atoms with Crippen molar-refractivity contribution in [3.05, 3.63) is 62.6 Å².